The highest BCUT2D eigenvalue weighted by atomic mass is 16.5. The number of hydrogen-bond acceptors (Lipinski definition) is 6. The molecule has 290 valence electrons. The summed E-state index contributed by atoms with van der Waals surface area (Å²) < 4.78 is 18.7. The van der Waals surface area contributed by atoms with Crippen molar-refractivity contribution in [3.05, 3.63) is 202 Å². The molecule has 1 unspecified atom stereocenters. The molecule has 0 bridgehead atoms. The van der Waals surface area contributed by atoms with Gasteiger partial charge in [-0.3, -0.25) is 0 Å². The molecule has 0 amide bonds. The Kier molecular flexibility index (Phi) is 17.4. The van der Waals surface area contributed by atoms with Crippen molar-refractivity contribution in [3.8, 4) is 0 Å². The average Bonchev–Trinajstić information content (AvgIpc) is 3.27. The fraction of sp³-hybridized carbons (Fsp3) is 0.250. The second-order valence-corrected chi connectivity index (χ2v) is 13.7. The molecule has 0 saturated heterocycles. The largest absolute Gasteiger partial charge is 0.381 e. The summed E-state index contributed by atoms with van der Waals surface area (Å²) in [5.41, 5.74) is 35.6. The zero-order chi connectivity index (χ0) is 39.9. The molecule has 0 fully saturated rings. The minimum atomic E-state index is -0.0149. The van der Waals surface area contributed by atoms with Gasteiger partial charge in [0.25, 0.3) is 0 Å². The second kappa shape index (κ2) is 23.7. The van der Waals surface area contributed by atoms with E-state index < -0.39 is 0 Å². The van der Waals surface area contributed by atoms with Gasteiger partial charge in [0, 0.05) is 13.2 Å². The highest BCUT2D eigenvalue weighted by Gasteiger charge is 2.20. The normalized spacial score (nSPS) is 12.3. The zero-order valence-corrected chi connectivity index (χ0v) is 32.5. The third kappa shape index (κ3) is 13.5. The Morgan fingerprint density at radius 3 is 1.70 bits per heavy atom. The van der Waals surface area contributed by atoms with Crippen molar-refractivity contribution in [2.24, 2.45) is 0 Å². The van der Waals surface area contributed by atoms with Gasteiger partial charge >= 0.3 is 11.4 Å². The van der Waals surface area contributed by atoms with Crippen molar-refractivity contribution in [1.29, 1.82) is 16.6 Å². The van der Waals surface area contributed by atoms with E-state index in [2.05, 4.69) is 106 Å². The molecule has 0 saturated carbocycles. The Hall–Kier alpha value is -6.18. The number of nitrogens with one attached hydrogen (secondary N) is 3. The first-order chi connectivity index (χ1) is 28.2. The fourth-order valence-electron chi connectivity index (χ4n) is 6.59. The molecule has 1 aliphatic rings. The van der Waals surface area contributed by atoms with Crippen LogP contribution in [0.25, 0.3) is 0 Å². The molecule has 57 heavy (non-hydrogen) atoms. The van der Waals surface area contributed by atoms with E-state index >= 15 is 0 Å². The first-order valence-electron chi connectivity index (χ1n) is 19.5. The third-order valence-corrected chi connectivity index (χ3v) is 9.73. The summed E-state index contributed by atoms with van der Waals surface area (Å²) >= 11 is 0. The van der Waals surface area contributed by atoms with Crippen LogP contribution in [0, 0.1) is 16.6 Å². The van der Waals surface area contributed by atoms with Crippen molar-refractivity contribution in [2.45, 2.75) is 57.8 Å². The first-order valence-corrected chi connectivity index (χ1v) is 19.5. The number of allylic oxidation sites excluding steroid dienone is 4. The molecule has 6 rings (SSSR count). The molecule has 0 heterocycles. The van der Waals surface area contributed by atoms with Gasteiger partial charge in [0.05, 0.1) is 68.8 Å². The Morgan fingerprint density at radius 1 is 0.544 bits per heavy atom. The van der Waals surface area contributed by atoms with Gasteiger partial charge in [0.1, 0.15) is 0 Å². The van der Waals surface area contributed by atoms with Crippen LogP contribution < -0.4 is 5.53 Å². The van der Waals surface area contributed by atoms with Gasteiger partial charge in [-0.05, 0) is 103 Å². The molecular weight excluding hydrogens is 709 g/mol. The summed E-state index contributed by atoms with van der Waals surface area (Å²) in [4.78, 5) is 7.61. The maximum absolute atomic E-state index is 7.72. The van der Waals surface area contributed by atoms with E-state index in [9.17, 15) is 0 Å². The van der Waals surface area contributed by atoms with E-state index in [1.807, 2.05) is 60.7 Å². The zero-order valence-electron chi connectivity index (χ0n) is 32.5. The molecule has 9 heteroatoms. The van der Waals surface area contributed by atoms with Gasteiger partial charge in [0.15, 0.2) is 0 Å². The standard InChI is InChI=1S/C48H50N4O3.H2N2/c49-51-47(42-12-6-2-7-13-42)44-24-20-37(21-25-44)28-31-53-32-29-46(55-36-41-18-16-39(17-19-41)34-38-10-4-1-5-11-38)30-33-54-35-40-22-26-45(27-23-40)48(52-50)43-14-8-3-9-15-43;1-2/h1-2,4-8,10-27,46,49-50H,3,9,28-36H2;1-2H/q+2;/p+1. The molecule has 0 radical (unpaired) electrons. The van der Waals surface area contributed by atoms with Crippen LogP contribution in [0.15, 0.2) is 157 Å². The minimum Gasteiger partial charge on any atom is -0.381 e. The lowest BCUT2D eigenvalue weighted by Crippen LogP contribution is -2.19. The smallest absolute Gasteiger partial charge is 0.379 e. The van der Waals surface area contributed by atoms with Gasteiger partial charge in [-0.2, -0.15) is 5.53 Å². The lowest BCUT2D eigenvalue weighted by atomic mass is 9.97. The Labute approximate surface area is 335 Å². The van der Waals surface area contributed by atoms with E-state index in [1.54, 1.807) is 0 Å². The van der Waals surface area contributed by atoms with Crippen molar-refractivity contribution in [3.63, 3.8) is 0 Å². The molecule has 0 aromatic heterocycles. The van der Waals surface area contributed by atoms with Crippen LogP contribution >= 0.6 is 0 Å². The van der Waals surface area contributed by atoms with E-state index in [1.165, 1.54) is 16.7 Å². The summed E-state index contributed by atoms with van der Waals surface area (Å²) in [5.74, 6) is 0. The van der Waals surface area contributed by atoms with E-state index in [0.29, 0.717) is 44.5 Å². The van der Waals surface area contributed by atoms with Crippen molar-refractivity contribution >= 4 is 11.4 Å². The molecular formula is C48H53N6O3+3. The summed E-state index contributed by atoms with van der Waals surface area (Å²) in [6, 6.07) is 45.4. The molecule has 5 N–H and O–H groups in total. The molecule has 0 aliphatic heterocycles. The minimum absolute atomic E-state index is 0.0149. The van der Waals surface area contributed by atoms with E-state index in [0.717, 1.165) is 71.9 Å². The van der Waals surface area contributed by atoms with Crippen LogP contribution in [0.4, 0.5) is 0 Å². The molecule has 5 aromatic carbocycles. The van der Waals surface area contributed by atoms with Crippen LogP contribution in [0.1, 0.15) is 70.2 Å². The lowest BCUT2D eigenvalue weighted by molar-refractivity contribution is -0.249. The first kappa shape index (κ1) is 42.0. The highest BCUT2D eigenvalue weighted by Crippen LogP contribution is 2.18. The van der Waals surface area contributed by atoms with Crippen LogP contribution in [0.3, 0.4) is 0 Å². The molecule has 0 spiro atoms. The van der Waals surface area contributed by atoms with Gasteiger partial charge in [-0.1, -0.05) is 121 Å². The van der Waals surface area contributed by atoms with Gasteiger partial charge in [-0.25, -0.2) is 0 Å². The molecule has 1 atom stereocenters. The number of hydrogen-bond donors (Lipinski definition) is 4. The predicted molar refractivity (Wildman–Crippen MR) is 221 cm³/mol. The van der Waals surface area contributed by atoms with Crippen molar-refractivity contribution < 1.29 is 29.3 Å². The van der Waals surface area contributed by atoms with Gasteiger partial charge in [-0.15, -0.1) is 0 Å². The maximum atomic E-state index is 7.72. The molecule has 1 aliphatic carbocycles. The van der Waals surface area contributed by atoms with E-state index in [-0.39, 0.29) is 6.10 Å². The van der Waals surface area contributed by atoms with Gasteiger partial charge in [0.2, 0.25) is 0 Å². The Morgan fingerprint density at radius 2 is 1.07 bits per heavy atom. The van der Waals surface area contributed by atoms with E-state index in [4.69, 9.17) is 30.8 Å². The monoisotopic (exact) mass is 761 g/mol. The lowest BCUT2D eigenvalue weighted by Gasteiger charge is -2.19. The second-order valence-electron chi connectivity index (χ2n) is 13.7. The SMILES string of the molecule is N=[N+]=C(C1=CCCC=C1)c1ccc(COCCC(CCOCCc2ccc(C(=[N+]=N)c3ccccc3)cc2)OCc2ccc(Cc3ccccc3)cc2)cc1.N=[NH2+]. The number of benzene rings is 5. The topological polar surface area (TPSA) is 153 Å². The molecule has 9 nitrogen and oxygen atoms in total. The average molecular weight is 762 g/mol. The van der Waals surface area contributed by atoms with Crippen LogP contribution in [0.5, 0.6) is 0 Å². The quantitative estimate of drug-likeness (QED) is 0.0272. The Balaban J connectivity index is 0.00000305. The maximum Gasteiger partial charge on any atom is 0.379 e. The van der Waals surface area contributed by atoms with Crippen LogP contribution in [0.2, 0.25) is 0 Å². The Bertz CT molecular complexity index is 2120. The van der Waals surface area contributed by atoms with Crippen molar-refractivity contribution in [1.82, 2.24) is 0 Å². The number of nitrogens with two attached hydrogens (primary N) is 1. The third-order valence-electron chi connectivity index (χ3n) is 9.73. The van der Waals surface area contributed by atoms with Crippen molar-refractivity contribution in [2.75, 3.05) is 19.8 Å². The van der Waals surface area contributed by atoms with Gasteiger partial charge < -0.3 is 14.2 Å². The molecule has 5 aromatic rings. The summed E-state index contributed by atoms with van der Waals surface area (Å²) in [6.07, 6.45) is 11.6. The van der Waals surface area contributed by atoms with Crippen LogP contribution in [-0.4, -0.2) is 46.9 Å². The number of rotatable bonds is 20. The highest BCUT2D eigenvalue weighted by molar-refractivity contribution is 6.11. The number of ether oxygens (including phenoxy) is 3. The van der Waals surface area contributed by atoms with Crippen LogP contribution in [-0.2, 0) is 40.3 Å². The fourth-order valence-corrected chi connectivity index (χ4v) is 6.59. The predicted octanol–water partition coefficient (Wildman–Crippen LogP) is 8.58. The summed E-state index contributed by atoms with van der Waals surface area (Å²) in [5, 5.41) is 0. The summed E-state index contributed by atoms with van der Waals surface area (Å²) in [7, 11) is 0. The summed E-state index contributed by atoms with van der Waals surface area (Å²) in [6.45, 7) is 2.80. The number of nitrogens with zero attached hydrogens (tertiary/aromatic N) is 2.